The fraction of sp³-hybridized carbons (Fsp3) is 0.400. The minimum atomic E-state index is -3.63. The number of amides is 1. The molecule has 0 radical (unpaired) electrons. The first-order valence-electron chi connectivity index (χ1n) is 3.59. The van der Waals surface area contributed by atoms with Crippen LogP contribution in [0.5, 0.6) is 0 Å². The second kappa shape index (κ2) is 3.62. The normalized spacial score (nSPS) is 11.2. The van der Waals surface area contributed by atoms with E-state index in [-0.39, 0.29) is 17.3 Å². The molecule has 0 bridgehead atoms. The van der Waals surface area contributed by atoms with Crippen LogP contribution in [0.2, 0.25) is 0 Å². The molecule has 0 unspecified atom stereocenters. The lowest BCUT2D eigenvalue weighted by atomic mass is 10.4. The summed E-state index contributed by atoms with van der Waals surface area (Å²) in [6, 6.07) is 0. The summed E-state index contributed by atoms with van der Waals surface area (Å²) in [6.45, 7) is 1.39. The first kappa shape index (κ1) is 10.4. The molecule has 0 fully saturated rings. The van der Waals surface area contributed by atoms with E-state index in [9.17, 15) is 13.2 Å². The maximum Gasteiger partial charge on any atom is 0.290 e. The van der Waals surface area contributed by atoms with Crippen LogP contribution in [0, 0.1) is 0 Å². The molecule has 0 atom stereocenters. The maximum absolute atomic E-state index is 11.2. The number of nitrogens with two attached hydrogens (primary N) is 1. The summed E-state index contributed by atoms with van der Waals surface area (Å²) in [5, 5.41) is 6.28. The number of nitrogens with one attached hydrogen (secondary N) is 1. The number of carbonyl (C=O) groups is 1. The molecule has 3 N–H and O–H groups in total. The van der Waals surface area contributed by atoms with Crippen molar-refractivity contribution < 1.29 is 17.8 Å². The monoisotopic (exact) mass is 220 g/mol. The van der Waals surface area contributed by atoms with Gasteiger partial charge in [-0.2, -0.15) is 0 Å². The van der Waals surface area contributed by atoms with Gasteiger partial charge in [0.25, 0.3) is 5.91 Å². The predicted molar refractivity (Wildman–Crippen MR) is 45.6 cm³/mol. The lowest BCUT2D eigenvalue weighted by Gasteiger charge is -2.00. The first-order chi connectivity index (χ1) is 6.46. The zero-order valence-corrected chi connectivity index (χ0v) is 8.04. The fourth-order valence-corrected chi connectivity index (χ4v) is 1.14. The summed E-state index contributed by atoms with van der Waals surface area (Å²) in [5.74, 6) is -1.43. The van der Waals surface area contributed by atoms with Crippen LogP contribution < -0.4 is 10.5 Å². The van der Waals surface area contributed by atoms with Gasteiger partial charge in [-0.15, -0.1) is 0 Å². The Balaban J connectivity index is 2.84. The molecule has 78 valence electrons. The minimum Gasteiger partial charge on any atom is -0.379 e. The van der Waals surface area contributed by atoms with E-state index in [1.54, 1.807) is 4.72 Å². The predicted octanol–water partition coefficient (Wildman–Crippen LogP) is -1.27. The topological polar surface area (TPSA) is 128 Å². The number of anilines is 1. The molecule has 0 saturated carbocycles. The average molecular weight is 220 g/mol. The van der Waals surface area contributed by atoms with Crippen LogP contribution in [0.3, 0.4) is 0 Å². The van der Waals surface area contributed by atoms with Gasteiger partial charge >= 0.3 is 0 Å². The van der Waals surface area contributed by atoms with Crippen molar-refractivity contribution in [2.75, 3.05) is 11.5 Å². The Bertz CT molecular complexity index is 436. The highest BCUT2D eigenvalue weighted by Crippen LogP contribution is 2.03. The largest absolute Gasteiger partial charge is 0.379 e. The molecule has 14 heavy (non-hydrogen) atoms. The molecule has 8 nitrogen and oxygen atoms in total. The Kier molecular flexibility index (Phi) is 2.70. The highest BCUT2D eigenvalue weighted by Gasteiger charge is 2.20. The van der Waals surface area contributed by atoms with E-state index < -0.39 is 15.9 Å². The number of aromatic nitrogens is 2. The van der Waals surface area contributed by atoms with Crippen molar-refractivity contribution in [2.24, 2.45) is 0 Å². The van der Waals surface area contributed by atoms with Crippen LogP contribution in [-0.2, 0) is 10.0 Å². The molecule has 1 amide bonds. The number of sulfonamides is 1. The summed E-state index contributed by atoms with van der Waals surface area (Å²) in [5.41, 5.74) is 4.83. The molecular formula is C5H8N4O4S. The van der Waals surface area contributed by atoms with E-state index >= 15 is 0 Å². The van der Waals surface area contributed by atoms with Gasteiger partial charge in [0.15, 0.2) is 0 Å². The van der Waals surface area contributed by atoms with Crippen LogP contribution in [-0.4, -0.2) is 30.4 Å². The Hall–Kier alpha value is -1.64. The summed E-state index contributed by atoms with van der Waals surface area (Å²) < 4.78 is 27.8. The first-order valence-corrected chi connectivity index (χ1v) is 5.24. The van der Waals surface area contributed by atoms with Crippen molar-refractivity contribution in [2.45, 2.75) is 6.92 Å². The molecule has 0 spiro atoms. The highest BCUT2D eigenvalue weighted by molar-refractivity contribution is 7.90. The quantitative estimate of drug-likeness (QED) is 0.649. The van der Waals surface area contributed by atoms with E-state index in [0.717, 1.165) is 0 Å². The van der Waals surface area contributed by atoms with Crippen molar-refractivity contribution in [3.05, 3.63) is 5.69 Å². The van der Waals surface area contributed by atoms with Crippen LogP contribution >= 0.6 is 0 Å². The van der Waals surface area contributed by atoms with Crippen LogP contribution in [0.4, 0.5) is 5.82 Å². The standard InChI is InChI=1S/C5H8N4O4S/c1-2-14(11,12)9-5(10)3-4(6)8-13-7-3/h2H2,1H3,(H2,6,8)(H,9,10). The Morgan fingerprint density at radius 2 is 2.21 bits per heavy atom. The Morgan fingerprint density at radius 3 is 2.64 bits per heavy atom. The molecule has 0 aliphatic heterocycles. The van der Waals surface area contributed by atoms with Gasteiger partial charge in [-0.3, -0.25) is 4.79 Å². The Morgan fingerprint density at radius 1 is 1.57 bits per heavy atom. The molecule has 1 aromatic heterocycles. The zero-order valence-electron chi connectivity index (χ0n) is 7.22. The minimum absolute atomic E-state index is 0.218. The molecular weight excluding hydrogens is 212 g/mol. The van der Waals surface area contributed by atoms with E-state index in [1.165, 1.54) is 6.92 Å². The van der Waals surface area contributed by atoms with Gasteiger partial charge in [0.1, 0.15) is 0 Å². The van der Waals surface area contributed by atoms with Crippen molar-refractivity contribution in [3.8, 4) is 0 Å². The number of hydrogen-bond acceptors (Lipinski definition) is 7. The third-order valence-corrected chi connectivity index (χ3v) is 2.61. The zero-order chi connectivity index (χ0) is 10.8. The van der Waals surface area contributed by atoms with Crippen LogP contribution in [0.25, 0.3) is 0 Å². The molecule has 1 rings (SSSR count). The second-order valence-electron chi connectivity index (χ2n) is 2.33. The number of rotatable bonds is 3. The number of nitrogen functional groups attached to an aromatic ring is 1. The average Bonchev–Trinajstić information content (AvgIpc) is 2.51. The van der Waals surface area contributed by atoms with Gasteiger partial charge in [-0.1, -0.05) is 0 Å². The molecule has 0 saturated heterocycles. The van der Waals surface area contributed by atoms with E-state index in [4.69, 9.17) is 5.73 Å². The van der Waals surface area contributed by atoms with E-state index in [2.05, 4.69) is 14.9 Å². The number of carbonyl (C=O) groups excluding carboxylic acids is 1. The number of nitrogens with zero attached hydrogens (tertiary/aromatic N) is 2. The molecule has 0 aliphatic carbocycles. The van der Waals surface area contributed by atoms with Gasteiger partial charge < -0.3 is 5.73 Å². The van der Waals surface area contributed by atoms with Crippen molar-refractivity contribution in [3.63, 3.8) is 0 Å². The molecule has 0 aromatic carbocycles. The summed E-state index contributed by atoms with van der Waals surface area (Å²) in [4.78, 5) is 11.2. The van der Waals surface area contributed by atoms with Gasteiger partial charge in [-0.25, -0.2) is 17.8 Å². The summed E-state index contributed by atoms with van der Waals surface area (Å²) in [6.07, 6.45) is 0. The van der Waals surface area contributed by atoms with Gasteiger partial charge in [0.05, 0.1) is 5.75 Å². The molecule has 0 aliphatic rings. The molecule has 9 heteroatoms. The third kappa shape index (κ3) is 2.19. The summed E-state index contributed by atoms with van der Waals surface area (Å²) >= 11 is 0. The second-order valence-corrected chi connectivity index (χ2v) is 4.34. The van der Waals surface area contributed by atoms with Crippen molar-refractivity contribution in [1.29, 1.82) is 0 Å². The van der Waals surface area contributed by atoms with Gasteiger partial charge in [0, 0.05) is 0 Å². The van der Waals surface area contributed by atoms with Crippen molar-refractivity contribution in [1.82, 2.24) is 15.0 Å². The van der Waals surface area contributed by atoms with Crippen molar-refractivity contribution >= 4 is 21.7 Å². The van der Waals surface area contributed by atoms with E-state index in [1.807, 2.05) is 0 Å². The number of hydrogen-bond donors (Lipinski definition) is 2. The van der Waals surface area contributed by atoms with Crippen LogP contribution in [0.15, 0.2) is 4.63 Å². The SMILES string of the molecule is CCS(=O)(=O)NC(=O)c1nonc1N. The fourth-order valence-electron chi connectivity index (χ4n) is 0.615. The van der Waals surface area contributed by atoms with Crippen LogP contribution in [0.1, 0.15) is 17.4 Å². The molecule has 1 heterocycles. The smallest absolute Gasteiger partial charge is 0.290 e. The lowest BCUT2D eigenvalue weighted by molar-refractivity contribution is 0.0972. The van der Waals surface area contributed by atoms with E-state index in [0.29, 0.717) is 0 Å². The third-order valence-electron chi connectivity index (χ3n) is 1.36. The Labute approximate surface area is 79.5 Å². The maximum atomic E-state index is 11.2. The van der Waals surface area contributed by atoms with Gasteiger partial charge in [-0.05, 0) is 17.2 Å². The molecule has 1 aromatic rings. The van der Waals surface area contributed by atoms with Gasteiger partial charge in [0.2, 0.25) is 21.5 Å². The highest BCUT2D eigenvalue weighted by atomic mass is 32.2. The lowest BCUT2D eigenvalue weighted by Crippen LogP contribution is -2.32. The summed E-state index contributed by atoms with van der Waals surface area (Å²) in [7, 11) is -3.63.